The van der Waals surface area contributed by atoms with Crippen LogP contribution in [-0.2, 0) is 0 Å². The van der Waals surface area contributed by atoms with E-state index in [4.69, 9.17) is 5.11 Å². The van der Waals surface area contributed by atoms with Crippen LogP contribution in [0.3, 0.4) is 0 Å². The summed E-state index contributed by atoms with van der Waals surface area (Å²) in [4.78, 5) is 10.9. The number of piperazine rings is 1. The van der Waals surface area contributed by atoms with Crippen molar-refractivity contribution < 1.29 is 9.90 Å². The molecule has 2 atom stereocenters. The number of aromatic carboxylic acids is 1. The molecule has 1 aromatic carbocycles. The van der Waals surface area contributed by atoms with Crippen LogP contribution in [-0.4, -0.2) is 36.8 Å². The van der Waals surface area contributed by atoms with Gasteiger partial charge in [-0.1, -0.05) is 26.0 Å². The fourth-order valence-electron chi connectivity index (χ4n) is 2.86. The Morgan fingerprint density at radius 1 is 1.26 bits per heavy atom. The van der Waals surface area contributed by atoms with E-state index in [1.54, 1.807) is 12.1 Å². The summed E-state index contributed by atoms with van der Waals surface area (Å²) >= 11 is 0. The highest BCUT2D eigenvalue weighted by Gasteiger charge is 2.27. The molecule has 4 nitrogen and oxygen atoms in total. The van der Waals surface area contributed by atoms with Crippen LogP contribution in [0.4, 0.5) is 0 Å². The van der Waals surface area contributed by atoms with Crippen molar-refractivity contribution in [2.24, 2.45) is 5.92 Å². The Balaban J connectivity index is 2.20. The van der Waals surface area contributed by atoms with E-state index in [1.807, 2.05) is 12.1 Å². The van der Waals surface area contributed by atoms with E-state index in [2.05, 4.69) is 24.5 Å². The normalized spacial score (nSPS) is 21.3. The van der Waals surface area contributed by atoms with Crippen LogP contribution in [0.15, 0.2) is 24.3 Å². The largest absolute Gasteiger partial charge is 0.478 e. The fraction of sp³-hybridized carbons (Fsp3) is 0.533. The summed E-state index contributed by atoms with van der Waals surface area (Å²) in [6, 6.07) is 7.70. The molecule has 2 rings (SSSR count). The predicted molar refractivity (Wildman–Crippen MR) is 75.6 cm³/mol. The number of benzene rings is 1. The Kier molecular flexibility index (Phi) is 4.56. The molecule has 19 heavy (non-hydrogen) atoms. The van der Waals surface area contributed by atoms with E-state index in [0.29, 0.717) is 23.4 Å². The van der Waals surface area contributed by atoms with Crippen LogP contribution in [0, 0.1) is 5.92 Å². The number of carboxylic acids is 1. The van der Waals surface area contributed by atoms with Gasteiger partial charge in [-0.25, -0.2) is 4.79 Å². The lowest BCUT2D eigenvalue weighted by molar-refractivity contribution is 0.0697. The summed E-state index contributed by atoms with van der Waals surface area (Å²) in [6.07, 6.45) is 0. The molecule has 1 aliphatic rings. The zero-order chi connectivity index (χ0) is 13.8. The summed E-state index contributed by atoms with van der Waals surface area (Å²) in [5, 5.41) is 15.9. The van der Waals surface area contributed by atoms with Crippen molar-refractivity contribution in [1.29, 1.82) is 0 Å². The van der Waals surface area contributed by atoms with E-state index < -0.39 is 5.97 Å². The van der Waals surface area contributed by atoms with Gasteiger partial charge in [-0.3, -0.25) is 0 Å². The standard InChI is InChI=1S/C15H22N2O2/c1-10(2)14(13-9-16-7-8-17-13)11-3-5-12(6-4-11)15(18)19/h3-6,10,13-14,16-17H,7-9H2,1-2H3,(H,18,19)/t13?,14-/m0/s1. The van der Waals surface area contributed by atoms with E-state index in [0.717, 1.165) is 19.6 Å². The van der Waals surface area contributed by atoms with Gasteiger partial charge < -0.3 is 15.7 Å². The number of rotatable bonds is 4. The minimum Gasteiger partial charge on any atom is -0.478 e. The summed E-state index contributed by atoms with van der Waals surface area (Å²) in [6.45, 7) is 7.39. The van der Waals surface area contributed by atoms with E-state index >= 15 is 0 Å². The van der Waals surface area contributed by atoms with Gasteiger partial charge in [0.15, 0.2) is 0 Å². The van der Waals surface area contributed by atoms with Crippen molar-refractivity contribution in [2.75, 3.05) is 19.6 Å². The Morgan fingerprint density at radius 2 is 1.95 bits per heavy atom. The number of hydrogen-bond acceptors (Lipinski definition) is 3. The second-order valence-corrected chi connectivity index (χ2v) is 5.46. The molecule has 4 heteroatoms. The minimum atomic E-state index is -0.870. The first kappa shape index (κ1) is 14.0. The van der Waals surface area contributed by atoms with Crippen LogP contribution < -0.4 is 10.6 Å². The van der Waals surface area contributed by atoms with E-state index in [9.17, 15) is 4.79 Å². The third kappa shape index (κ3) is 3.33. The van der Waals surface area contributed by atoms with Gasteiger partial charge in [0.25, 0.3) is 0 Å². The average molecular weight is 262 g/mol. The van der Waals surface area contributed by atoms with Gasteiger partial charge in [0.05, 0.1) is 5.56 Å². The molecule has 0 radical (unpaired) electrons. The third-order valence-electron chi connectivity index (χ3n) is 3.77. The van der Waals surface area contributed by atoms with Crippen molar-refractivity contribution >= 4 is 5.97 Å². The maximum Gasteiger partial charge on any atom is 0.335 e. The van der Waals surface area contributed by atoms with Crippen LogP contribution in [0.2, 0.25) is 0 Å². The lowest BCUT2D eigenvalue weighted by Crippen LogP contribution is -2.52. The molecule has 0 bridgehead atoms. The van der Waals surface area contributed by atoms with Gasteiger partial charge in [-0.2, -0.15) is 0 Å². The third-order valence-corrected chi connectivity index (χ3v) is 3.77. The molecule has 0 aliphatic carbocycles. The van der Waals surface area contributed by atoms with Gasteiger partial charge >= 0.3 is 5.97 Å². The van der Waals surface area contributed by atoms with Crippen molar-refractivity contribution in [3.8, 4) is 0 Å². The second kappa shape index (κ2) is 6.17. The molecule has 1 aliphatic heterocycles. The first-order chi connectivity index (χ1) is 9.09. The van der Waals surface area contributed by atoms with Crippen molar-refractivity contribution in [1.82, 2.24) is 10.6 Å². The Bertz CT molecular complexity index is 422. The highest BCUT2D eigenvalue weighted by atomic mass is 16.4. The molecular weight excluding hydrogens is 240 g/mol. The number of hydrogen-bond donors (Lipinski definition) is 3. The van der Waals surface area contributed by atoms with Crippen molar-refractivity contribution in [3.63, 3.8) is 0 Å². The first-order valence-corrected chi connectivity index (χ1v) is 6.87. The topological polar surface area (TPSA) is 61.4 Å². The fourth-order valence-corrected chi connectivity index (χ4v) is 2.86. The molecular formula is C15H22N2O2. The van der Waals surface area contributed by atoms with Gasteiger partial charge in [0.1, 0.15) is 0 Å². The molecule has 0 aromatic heterocycles. The lowest BCUT2D eigenvalue weighted by Gasteiger charge is -2.34. The summed E-state index contributed by atoms with van der Waals surface area (Å²) in [5.41, 5.74) is 1.56. The van der Waals surface area contributed by atoms with Crippen molar-refractivity contribution in [2.45, 2.75) is 25.8 Å². The summed E-state index contributed by atoms with van der Waals surface area (Å²) < 4.78 is 0. The molecule has 0 spiro atoms. The summed E-state index contributed by atoms with van der Waals surface area (Å²) in [5.74, 6) is 0.0360. The molecule has 1 aromatic rings. The van der Waals surface area contributed by atoms with Crippen LogP contribution >= 0.6 is 0 Å². The smallest absolute Gasteiger partial charge is 0.335 e. The van der Waals surface area contributed by atoms with Crippen LogP contribution in [0.1, 0.15) is 35.7 Å². The average Bonchev–Trinajstić information content (AvgIpc) is 2.40. The molecule has 0 saturated carbocycles. The zero-order valence-electron chi connectivity index (χ0n) is 11.5. The molecule has 1 saturated heterocycles. The highest BCUT2D eigenvalue weighted by Crippen LogP contribution is 2.28. The predicted octanol–water partition coefficient (Wildman–Crippen LogP) is 1.69. The van der Waals surface area contributed by atoms with Crippen LogP contribution in [0.25, 0.3) is 0 Å². The highest BCUT2D eigenvalue weighted by molar-refractivity contribution is 5.87. The number of carbonyl (C=O) groups is 1. The van der Waals surface area contributed by atoms with Gasteiger partial charge in [0, 0.05) is 31.6 Å². The maximum absolute atomic E-state index is 10.9. The van der Waals surface area contributed by atoms with Crippen LogP contribution in [0.5, 0.6) is 0 Å². The molecule has 3 N–H and O–H groups in total. The molecule has 1 fully saturated rings. The zero-order valence-corrected chi connectivity index (χ0v) is 11.5. The molecule has 1 heterocycles. The van der Waals surface area contributed by atoms with Gasteiger partial charge in [-0.15, -0.1) is 0 Å². The number of nitrogens with one attached hydrogen (secondary N) is 2. The monoisotopic (exact) mass is 262 g/mol. The molecule has 0 amide bonds. The van der Waals surface area contributed by atoms with Gasteiger partial charge in [0.2, 0.25) is 0 Å². The Labute approximate surface area is 114 Å². The molecule has 104 valence electrons. The van der Waals surface area contributed by atoms with E-state index in [-0.39, 0.29) is 0 Å². The molecule has 1 unspecified atom stereocenters. The SMILES string of the molecule is CC(C)[C@@H](c1ccc(C(=O)O)cc1)C1CNCCN1. The summed E-state index contributed by atoms with van der Waals surface area (Å²) in [7, 11) is 0. The number of carboxylic acid groups (broad SMARTS) is 1. The van der Waals surface area contributed by atoms with Gasteiger partial charge in [-0.05, 0) is 23.6 Å². The van der Waals surface area contributed by atoms with Crippen molar-refractivity contribution in [3.05, 3.63) is 35.4 Å². The van der Waals surface area contributed by atoms with E-state index in [1.165, 1.54) is 5.56 Å². The lowest BCUT2D eigenvalue weighted by atomic mass is 9.81. The quantitative estimate of drug-likeness (QED) is 0.772. The first-order valence-electron chi connectivity index (χ1n) is 6.87. The second-order valence-electron chi connectivity index (χ2n) is 5.46. The maximum atomic E-state index is 10.9. The minimum absolute atomic E-state index is 0.348. The Hall–Kier alpha value is -1.39. The Morgan fingerprint density at radius 3 is 2.42 bits per heavy atom.